The van der Waals surface area contributed by atoms with Crippen molar-refractivity contribution in [2.24, 2.45) is 5.10 Å². The molecular formula is C3H5N3O2. The van der Waals surface area contributed by atoms with Crippen LogP contribution in [0, 0.1) is 0 Å². The Labute approximate surface area is 45.4 Å². The van der Waals surface area contributed by atoms with Gasteiger partial charge in [0.2, 0.25) is 0 Å². The fraction of sp³-hybridized carbons (Fsp3) is 0.333. The Kier molecular flexibility index (Phi) is 1.13. The molecule has 0 aromatic rings. The third-order valence-corrected chi connectivity index (χ3v) is 0.661. The number of hydrazone groups is 1. The van der Waals surface area contributed by atoms with Crippen molar-refractivity contribution >= 4 is 12.2 Å². The topological polar surface area (TPSA) is 73.7 Å². The number of carbonyl (C=O) groups is 1. The van der Waals surface area contributed by atoms with Crippen molar-refractivity contribution in [3.8, 4) is 0 Å². The lowest BCUT2D eigenvalue weighted by molar-refractivity contribution is 0.188. The van der Waals surface area contributed by atoms with Crippen LogP contribution in [-0.4, -0.2) is 23.6 Å². The van der Waals surface area contributed by atoms with E-state index in [1.54, 1.807) is 0 Å². The van der Waals surface area contributed by atoms with Crippen molar-refractivity contribution in [1.82, 2.24) is 10.7 Å². The zero-order chi connectivity index (χ0) is 5.98. The normalized spacial score (nSPS) is 26.6. The summed E-state index contributed by atoms with van der Waals surface area (Å²) in [5.41, 5.74) is 2.07. The largest absolute Gasteiger partial charge is 0.368 e. The van der Waals surface area contributed by atoms with Gasteiger partial charge in [0, 0.05) is 0 Å². The first kappa shape index (κ1) is 5.04. The number of carbonyl (C=O) groups excluding carboxylic acids is 1. The Morgan fingerprint density at radius 1 is 1.88 bits per heavy atom. The van der Waals surface area contributed by atoms with Crippen molar-refractivity contribution in [2.75, 3.05) is 0 Å². The maximum Gasteiger partial charge on any atom is 0.337 e. The summed E-state index contributed by atoms with van der Waals surface area (Å²) in [7, 11) is 0. The molecule has 0 aromatic heterocycles. The van der Waals surface area contributed by atoms with Crippen LogP contribution in [0.15, 0.2) is 5.10 Å². The van der Waals surface area contributed by atoms with Gasteiger partial charge in [-0.25, -0.2) is 10.2 Å². The monoisotopic (exact) mass is 115 g/mol. The minimum Gasteiger partial charge on any atom is -0.368 e. The van der Waals surface area contributed by atoms with Crippen LogP contribution < -0.4 is 10.7 Å². The van der Waals surface area contributed by atoms with Crippen LogP contribution in [0.2, 0.25) is 0 Å². The summed E-state index contributed by atoms with van der Waals surface area (Å²) in [6, 6.07) is -0.486. The van der Waals surface area contributed by atoms with Gasteiger partial charge in [-0.3, -0.25) is 0 Å². The molecule has 0 radical (unpaired) electrons. The van der Waals surface area contributed by atoms with Gasteiger partial charge in [0.25, 0.3) is 0 Å². The molecule has 3 N–H and O–H groups in total. The zero-order valence-electron chi connectivity index (χ0n) is 3.96. The van der Waals surface area contributed by atoms with E-state index in [1.807, 2.05) is 0 Å². The lowest BCUT2D eigenvalue weighted by Gasteiger charge is -2.10. The zero-order valence-corrected chi connectivity index (χ0v) is 3.96. The van der Waals surface area contributed by atoms with Gasteiger partial charge < -0.3 is 10.4 Å². The number of nitrogens with zero attached hydrogens (tertiary/aromatic N) is 1. The number of hydrogen-bond acceptors (Lipinski definition) is 3. The molecule has 0 aromatic carbocycles. The van der Waals surface area contributed by atoms with Gasteiger partial charge in [-0.1, -0.05) is 0 Å². The highest BCUT2D eigenvalue weighted by Gasteiger charge is 2.08. The van der Waals surface area contributed by atoms with Crippen LogP contribution in [0.4, 0.5) is 4.79 Å². The van der Waals surface area contributed by atoms with Crippen molar-refractivity contribution in [3.05, 3.63) is 0 Å². The predicted molar refractivity (Wildman–Crippen MR) is 26.2 cm³/mol. The van der Waals surface area contributed by atoms with Crippen LogP contribution in [0.3, 0.4) is 0 Å². The Hall–Kier alpha value is -1.10. The highest BCUT2D eigenvalue weighted by atomic mass is 16.3. The first-order valence-electron chi connectivity index (χ1n) is 2.07. The van der Waals surface area contributed by atoms with Gasteiger partial charge in [0.1, 0.15) is 0 Å². The van der Waals surface area contributed by atoms with E-state index in [0.29, 0.717) is 0 Å². The predicted octanol–water partition coefficient (Wildman–Crippen LogP) is -1.40. The van der Waals surface area contributed by atoms with Gasteiger partial charge in [-0.05, 0) is 0 Å². The van der Waals surface area contributed by atoms with Crippen molar-refractivity contribution in [1.29, 1.82) is 0 Å². The lowest BCUT2D eigenvalue weighted by atomic mass is 10.6. The molecule has 0 saturated heterocycles. The molecule has 1 rings (SSSR count). The molecular weight excluding hydrogens is 110 g/mol. The second-order valence-corrected chi connectivity index (χ2v) is 1.31. The van der Waals surface area contributed by atoms with Gasteiger partial charge in [0.05, 0.1) is 6.21 Å². The number of aliphatic hydroxyl groups is 1. The average molecular weight is 115 g/mol. The molecule has 0 spiro atoms. The van der Waals surface area contributed by atoms with Gasteiger partial charge >= 0.3 is 6.03 Å². The summed E-state index contributed by atoms with van der Waals surface area (Å²) < 4.78 is 0. The molecule has 5 heteroatoms. The van der Waals surface area contributed by atoms with E-state index in [9.17, 15) is 4.79 Å². The molecule has 1 aliphatic rings. The van der Waals surface area contributed by atoms with E-state index in [2.05, 4.69) is 15.8 Å². The van der Waals surface area contributed by atoms with E-state index >= 15 is 0 Å². The summed E-state index contributed by atoms with van der Waals surface area (Å²) in [4.78, 5) is 10.2. The first-order valence-corrected chi connectivity index (χ1v) is 2.07. The van der Waals surface area contributed by atoms with Crippen LogP contribution in [0.1, 0.15) is 0 Å². The first-order chi connectivity index (χ1) is 3.79. The van der Waals surface area contributed by atoms with E-state index in [-0.39, 0.29) is 0 Å². The van der Waals surface area contributed by atoms with Crippen molar-refractivity contribution in [3.63, 3.8) is 0 Å². The minimum absolute atomic E-state index is 0.486. The van der Waals surface area contributed by atoms with Crippen LogP contribution in [-0.2, 0) is 0 Å². The number of amides is 2. The second-order valence-electron chi connectivity index (χ2n) is 1.31. The Morgan fingerprint density at radius 2 is 2.62 bits per heavy atom. The van der Waals surface area contributed by atoms with E-state index in [0.717, 1.165) is 0 Å². The SMILES string of the molecule is O=C1NN=CC(O)N1. The van der Waals surface area contributed by atoms with E-state index in [1.165, 1.54) is 6.21 Å². The Bertz CT molecular complexity index is 132. The highest BCUT2D eigenvalue weighted by Crippen LogP contribution is 1.77. The van der Waals surface area contributed by atoms with Crippen LogP contribution in [0.5, 0.6) is 0 Å². The molecule has 0 bridgehead atoms. The number of urea groups is 1. The fourth-order valence-electron chi connectivity index (χ4n) is 0.370. The number of aliphatic hydroxyl groups excluding tert-OH is 1. The van der Waals surface area contributed by atoms with Crippen molar-refractivity contribution in [2.45, 2.75) is 6.23 Å². The summed E-state index contributed by atoms with van der Waals surface area (Å²) in [6.45, 7) is 0. The molecule has 0 aliphatic carbocycles. The van der Waals surface area contributed by atoms with E-state index < -0.39 is 12.3 Å². The van der Waals surface area contributed by atoms with Gasteiger partial charge in [0.15, 0.2) is 6.23 Å². The smallest absolute Gasteiger partial charge is 0.337 e. The number of nitrogens with one attached hydrogen (secondary N) is 2. The maximum atomic E-state index is 10.2. The number of rotatable bonds is 0. The van der Waals surface area contributed by atoms with Crippen molar-refractivity contribution < 1.29 is 9.90 Å². The average Bonchev–Trinajstić information content (AvgIpc) is 1.64. The Morgan fingerprint density at radius 3 is 3.00 bits per heavy atom. The molecule has 1 aliphatic heterocycles. The third kappa shape index (κ3) is 0.941. The molecule has 44 valence electrons. The molecule has 5 nitrogen and oxygen atoms in total. The lowest BCUT2D eigenvalue weighted by Crippen LogP contribution is -2.45. The minimum atomic E-state index is -0.941. The van der Waals surface area contributed by atoms with E-state index in [4.69, 9.17) is 5.11 Å². The fourth-order valence-corrected chi connectivity index (χ4v) is 0.370. The summed E-state index contributed by atoms with van der Waals surface area (Å²) >= 11 is 0. The third-order valence-electron chi connectivity index (χ3n) is 0.661. The molecule has 1 heterocycles. The maximum absolute atomic E-state index is 10.2. The summed E-state index contributed by atoms with van der Waals surface area (Å²) in [6.07, 6.45) is 0.241. The molecule has 1 atom stereocenters. The molecule has 0 saturated carbocycles. The molecule has 2 amide bonds. The molecule has 1 unspecified atom stereocenters. The second kappa shape index (κ2) is 1.79. The van der Waals surface area contributed by atoms with Gasteiger partial charge in [-0.15, -0.1) is 0 Å². The van der Waals surface area contributed by atoms with Crippen LogP contribution >= 0.6 is 0 Å². The summed E-state index contributed by atoms with van der Waals surface area (Å²) in [5.74, 6) is 0. The molecule has 8 heavy (non-hydrogen) atoms. The highest BCUT2D eigenvalue weighted by molar-refractivity contribution is 5.81. The number of hydrogen-bond donors (Lipinski definition) is 3. The molecule has 0 fully saturated rings. The summed E-state index contributed by atoms with van der Waals surface area (Å²) in [5, 5.41) is 14.0. The quantitative estimate of drug-likeness (QED) is 0.363. The Balaban J connectivity index is 2.54. The van der Waals surface area contributed by atoms with Crippen LogP contribution in [0.25, 0.3) is 0 Å². The standard InChI is InChI=1S/C3H5N3O2/c7-2-1-4-6-3(8)5-2/h1-2,7H,(H2,5,6,8). The van der Waals surface area contributed by atoms with Gasteiger partial charge in [-0.2, -0.15) is 5.10 Å².